The molecule has 4 aromatic rings. The number of carbonyl (C=O) groups excluding carboxylic acids is 2. The van der Waals surface area contributed by atoms with Crippen molar-refractivity contribution in [2.24, 2.45) is 5.73 Å². The minimum Gasteiger partial charge on any atom is -0.489 e. The normalized spacial score (nSPS) is 11.5. The van der Waals surface area contributed by atoms with E-state index in [0.717, 1.165) is 21.9 Å². The first-order chi connectivity index (χ1) is 17.8. The number of benzene rings is 2. The Bertz CT molecular complexity index is 1640. The number of anilines is 1. The molecule has 4 rings (SSSR count). The summed E-state index contributed by atoms with van der Waals surface area (Å²) >= 11 is 0. The number of nitrogens with zero attached hydrogens (tertiary/aromatic N) is 3. The van der Waals surface area contributed by atoms with Gasteiger partial charge in [0.05, 0.1) is 24.2 Å². The summed E-state index contributed by atoms with van der Waals surface area (Å²) in [5.74, 6) is -1.53. The number of furan rings is 1. The van der Waals surface area contributed by atoms with Crippen LogP contribution in [0.4, 0.5) is 14.9 Å². The van der Waals surface area contributed by atoms with Crippen molar-refractivity contribution in [3.05, 3.63) is 65.2 Å². The number of carbonyl (C=O) groups is 2. The summed E-state index contributed by atoms with van der Waals surface area (Å²) in [6.07, 6.45) is -0.303. The molecular weight excluding hydrogens is 519 g/mol. The zero-order valence-corrected chi connectivity index (χ0v) is 21.8. The van der Waals surface area contributed by atoms with E-state index in [-0.39, 0.29) is 40.3 Å². The number of hydrogen-bond donors (Lipinski definition) is 1. The molecule has 0 saturated heterocycles. The van der Waals surface area contributed by atoms with Gasteiger partial charge >= 0.3 is 12.1 Å². The van der Waals surface area contributed by atoms with Crippen molar-refractivity contribution >= 4 is 38.7 Å². The van der Waals surface area contributed by atoms with E-state index < -0.39 is 27.9 Å². The highest BCUT2D eigenvalue weighted by Crippen LogP contribution is 2.41. The Kier molecular flexibility index (Phi) is 7.14. The molecule has 2 aromatic carbocycles. The number of halogens is 1. The molecule has 2 aromatic heterocycles. The van der Waals surface area contributed by atoms with Crippen LogP contribution in [0.2, 0.25) is 0 Å². The van der Waals surface area contributed by atoms with Gasteiger partial charge in [0.1, 0.15) is 35.1 Å². The first kappa shape index (κ1) is 26.7. The van der Waals surface area contributed by atoms with Crippen LogP contribution in [-0.2, 0) is 21.3 Å². The monoisotopic (exact) mass is 544 g/mol. The Morgan fingerprint density at radius 3 is 2.42 bits per heavy atom. The van der Waals surface area contributed by atoms with Crippen LogP contribution in [0.25, 0.3) is 22.3 Å². The summed E-state index contributed by atoms with van der Waals surface area (Å²) < 4.78 is 57.6. The summed E-state index contributed by atoms with van der Waals surface area (Å²) in [5, 5.41) is 4.55. The maximum absolute atomic E-state index is 13.5. The lowest BCUT2D eigenvalue weighted by Gasteiger charge is -2.20. The number of esters is 1. The number of ether oxygens (including phenoxy) is 2. The zero-order valence-electron chi connectivity index (χ0n) is 21.0. The highest BCUT2D eigenvalue weighted by atomic mass is 32.2. The average Bonchev–Trinajstić information content (AvgIpc) is 3.35. The van der Waals surface area contributed by atoms with Crippen LogP contribution in [0.15, 0.2) is 46.9 Å². The van der Waals surface area contributed by atoms with Gasteiger partial charge in [-0.2, -0.15) is 5.10 Å². The molecule has 1 amide bonds. The Hall–Kier alpha value is -4.39. The highest BCUT2D eigenvalue weighted by Gasteiger charge is 2.28. The molecule has 0 aliphatic carbocycles. The Labute approximate surface area is 217 Å². The van der Waals surface area contributed by atoms with E-state index in [9.17, 15) is 22.4 Å². The molecule has 38 heavy (non-hydrogen) atoms. The standard InChI is InChI=1S/C25H25FN4O7S/c1-14-11-15(2)30(28-14)9-10-35-21-12-18-20(13-19(21)29(3)38(4,33)34)36-23(16-5-7-17(26)8-6-16)22(18)24(31)37-25(27)32/h5-8,11-13H,9-10H2,1-4H3,(H2,27,32). The van der Waals surface area contributed by atoms with Crippen molar-refractivity contribution in [2.45, 2.75) is 20.4 Å². The van der Waals surface area contributed by atoms with Crippen molar-refractivity contribution < 1.29 is 36.3 Å². The third kappa shape index (κ3) is 5.47. The first-order valence-corrected chi connectivity index (χ1v) is 13.2. The van der Waals surface area contributed by atoms with Gasteiger partial charge in [-0.3, -0.25) is 8.99 Å². The van der Waals surface area contributed by atoms with Crippen LogP contribution in [-0.4, -0.2) is 50.2 Å². The lowest BCUT2D eigenvalue weighted by molar-refractivity contribution is 0.0640. The first-order valence-electron chi connectivity index (χ1n) is 11.3. The number of nitrogens with two attached hydrogens (primary N) is 1. The van der Waals surface area contributed by atoms with Gasteiger partial charge in [-0.05, 0) is 50.2 Å². The largest absolute Gasteiger partial charge is 0.489 e. The van der Waals surface area contributed by atoms with Crippen LogP contribution in [0.3, 0.4) is 0 Å². The Balaban J connectivity index is 1.86. The van der Waals surface area contributed by atoms with Gasteiger partial charge in [-0.15, -0.1) is 0 Å². The van der Waals surface area contributed by atoms with Crippen LogP contribution < -0.4 is 14.8 Å². The summed E-state index contributed by atoms with van der Waals surface area (Å²) in [7, 11) is -2.38. The van der Waals surface area contributed by atoms with Crippen molar-refractivity contribution in [1.29, 1.82) is 0 Å². The number of rotatable bonds is 8. The maximum Gasteiger partial charge on any atom is 0.412 e. The van der Waals surface area contributed by atoms with E-state index in [1.54, 1.807) is 4.68 Å². The molecule has 0 bridgehead atoms. The summed E-state index contributed by atoms with van der Waals surface area (Å²) in [4.78, 5) is 24.3. The second kappa shape index (κ2) is 10.2. The Morgan fingerprint density at radius 1 is 1.16 bits per heavy atom. The van der Waals surface area contributed by atoms with Gasteiger partial charge in [-0.25, -0.2) is 22.4 Å². The number of hydrogen-bond acceptors (Lipinski definition) is 8. The van der Waals surface area contributed by atoms with Gasteiger partial charge in [0.15, 0.2) is 0 Å². The number of amides is 1. The van der Waals surface area contributed by atoms with Crippen molar-refractivity contribution in [2.75, 3.05) is 24.2 Å². The lowest BCUT2D eigenvalue weighted by atomic mass is 10.0. The average molecular weight is 545 g/mol. The van der Waals surface area contributed by atoms with Crippen molar-refractivity contribution in [3.63, 3.8) is 0 Å². The van der Waals surface area contributed by atoms with Gasteiger partial charge in [-0.1, -0.05) is 0 Å². The molecule has 2 heterocycles. The van der Waals surface area contributed by atoms with E-state index in [4.69, 9.17) is 14.9 Å². The SMILES string of the molecule is Cc1cc(C)n(CCOc2cc3c(C(=O)OC(N)=O)c(-c4ccc(F)cc4)oc3cc2N(C)S(C)(=O)=O)n1. The van der Waals surface area contributed by atoms with E-state index in [2.05, 4.69) is 9.84 Å². The fourth-order valence-corrected chi connectivity index (χ4v) is 4.45. The third-order valence-electron chi connectivity index (χ3n) is 5.77. The number of primary amides is 1. The van der Waals surface area contributed by atoms with Crippen molar-refractivity contribution in [3.8, 4) is 17.1 Å². The quantitative estimate of drug-likeness (QED) is 0.261. The fraction of sp³-hybridized carbons (Fsp3) is 0.240. The minimum atomic E-state index is -3.72. The molecule has 0 radical (unpaired) electrons. The van der Waals surface area contributed by atoms with Gasteiger partial charge in [0.2, 0.25) is 10.0 Å². The van der Waals surface area contributed by atoms with Gasteiger partial charge < -0.3 is 19.6 Å². The summed E-state index contributed by atoms with van der Waals surface area (Å²) in [5.41, 5.74) is 7.20. The molecular formula is C25H25FN4O7S. The predicted octanol–water partition coefficient (Wildman–Crippen LogP) is 3.76. The molecule has 0 saturated carbocycles. The van der Waals surface area contributed by atoms with E-state index in [0.29, 0.717) is 12.1 Å². The van der Waals surface area contributed by atoms with E-state index in [1.165, 1.54) is 43.4 Å². The molecule has 200 valence electrons. The number of aryl methyl sites for hydroxylation is 2. The molecule has 0 spiro atoms. The third-order valence-corrected chi connectivity index (χ3v) is 6.97. The highest BCUT2D eigenvalue weighted by molar-refractivity contribution is 7.92. The van der Waals surface area contributed by atoms with Crippen LogP contribution in [0.5, 0.6) is 5.75 Å². The van der Waals surface area contributed by atoms with Gasteiger partial charge in [0, 0.05) is 29.8 Å². The molecule has 13 heteroatoms. The molecule has 0 aliphatic rings. The minimum absolute atomic E-state index is 0.0287. The van der Waals surface area contributed by atoms with Crippen LogP contribution in [0.1, 0.15) is 21.7 Å². The van der Waals surface area contributed by atoms with E-state index >= 15 is 0 Å². The van der Waals surface area contributed by atoms with Crippen LogP contribution >= 0.6 is 0 Å². The number of sulfonamides is 1. The van der Waals surface area contributed by atoms with E-state index in [1.807, 2.05) is 19.9 Å². The summed E-state index contributed by atoms with van der Waals surface area (Å²) in [6.45, 7) is 4.24. The second-order valence-corrected chi connectivity index (χ2v) is 10.6. The molecule has 0 atom stereocenters. The van der Waals surface area contributed by atoms with Crippen molar-refractivity contribution in [1.82, 2.24) is 9.78 Å². The maximum atomic E-state index is 13.5. The molecule has 2 N–H and O–H groups in total. The summed E-state index contributed by atoms with van der Waals surface area (Å²) in [6, 6.07) is 9.82. The molecule has 0 unspecified atom stereocenters. The molecule has 0 aliphatic heterocycles. The zero-order chi connectivity index (χ0) is 27.8. The smallest absolute Gasteiger partial charge is 0.412 e. The van der Waals surface area contributed by atoms with Gasteiger partial charge in [0.25, 0.3) is 0 Å². The second-order valence-electron chi connectivity index (χ2n) is 8.57. The lowest BCUT2D eigenvalue weighted by Crippen LogP contribution is -2.25. The predicted molar refractivity (Wildman–Crippen MR) is 137 cm³/mol. The molecule has 0 fully saturated rings. The fourth-order valence-electron chi connectivity index (χ4n) is 3.95. The Morgan fingerprint density at radius 2 is 1.84 bits per heavy atom. The van der Waals surface area contributed by atoms with Crippen LogP contribution in [0, 0.1) is 19.7 Å². The topological polar surface area (TPSA) is 147 Å². The molecule has 11 nitrogen and oxygen atoms in total. The number of aromatic nitrogens is 2. The number of fused-ring (bicyclic) bond motifs is 1.